The van der Waals surface area contributed by atoms with Crippen molar-refractivity contribution in [1.29, 1.82) is 0 Å². The maximum atomic E-state index is 12.7. The van der Waals surface area contributed by atoms with E-state index in [1.807, 2.05) is 74.5 Å². The van der Waals surface area contributed by atoms with Crippen molar-refractivity contribution in [2.24, 2.45) is 9.98 Å². The Hall–Kier alpha value is -4.74. The number of fused-ring (bicyclic) bond motifs is 4. The van der Waals surface area contributed by atoms with E-state index in [-0.39, 0.29) is 48.4 Å². The van der Waals surface area contributed by atoms with Gasteiger partial charge in [-0.05, 0) is 109 Å². The van der Waals surface area contributed by atoms with Gasteiger partial charge in [0.1, 0.15) is 10.0 Å². The van der Waals surface area contributed by atoms with Gasteiger partial charge in [0.2, 0.25) is 0 Å². The van der Waals surface area contributed by atoms with E-state index >= 15 is 0 Å². The number of nitrogens with zero attached hydrogens (tertiary/aromatic N) is 2. The molecule has 2 aliphatic carbocycles. The summed E-state index contributed by atoms with van der Waals surface area (Å²) in [4.78, 5) is 37.0. The SMILES string of the molecule is CCOC(=O)c1c(N=Cc2c([O-])ccc3ccccc23)sc2c1CCCCC2.CCOC(=O)c1c(N=Cc2c([O-])ccc3ccccc23)sc2c1CCCCC2.O.[Zn+2]. The van der Waals surface area contributed by atoms with Crippen LogP contribution in [-0.4, -0.2) is 43.1 Å². The number of carbonyl (C=O) groups excluding carboxylic acids is 2. The fourth-order valence-electron chi connectivity index (χ4n) is 7.53. The topological polar surface area (TPSA) is 155 Å². The maximum Gasteiger partial charge on any atom is 2.00 e. The smallest absolute Gasteiger partial charge is 0.872 e. The van der Waals surface area contributed by atoms with Gasteiger partial charge in [0.05, 0.1) is 24.3 Å². The molecule has 2 N–H and O–H groups in total. The molecule has 0 spiro atoms. The van der Waals surface area contributed by atoms with Crippen LogP contribution >= 0.6 is 22.7 Å². The van der Waals surface area contributed by atoms with Crippen LogP contribution in [0.25, 0.3) is 21.5 Å². The molecular weight excluding hydrogens is 822 g/mol. The third-order valence-corrected chi connectivity index (χ3v) is 12.6. The van der Waals surface area contributed by atoms with Crippen LogP contribution in [0.15, 0.2) is 82.8 Å². The molecule has 296 valence electrons. The Balaban J connectivity index is 0.000000214. The first-order valence-electron chi connectivity index (χ1n) is 19.5. The van der Waals surface area contributed by atoms with E-state index in [9.17, 15) is 19.8 Å². The van der Waals surface area contributed by atoms with E-state index in [4.69, 9.17) is 9.47 Å². The van der Waals surface area contributed by atoms with Crippen molar-refractivity contribution >= 4 is 78.6 Å². The molecule has 2 aromatic heterocycles. The van der Waals surface area contributed by atoms with Gasteiger partial charge in [0.25, 0.3) is 0 Å². The third-order valence-electron chi connectivity index (χ3n) is 10.2. The fourth-order valence-corrected chi connectivity index (χ4v) is 9.97. The van der Waals surface area contributed by atoms with Gasteiger partial charge >= 0.3 is 31.4 Å². The first-order valence-corrected chi connectivity index (χ1v) is 21.1. The zero-order valence-electron chi connectivity index (χ0n) is 32.9. The normalized spacial score (nSPS) is 13.7. The molecule has 12 heteroatoms. The Morgan fingerprint density at radius 1 is 0.603 bits per heavy atom. The summed E-state index contributed by atoms with van der Waals surface area (Å²) < 4.78 is 10.6. The van der Waals surface area contributed by atoms with E-state index in [1.54, 1.807) is 47.2 Å². The fraction of sp³-hybridized carbons (Fsp3) is 0.304. The molecule has 2 aliphatic rings. The summed E-state index contributed by atoms with van der Waals surface area (Å²) in [5.74, 6) is -0.764. The molecule has 6 aromatic rings. The second-order valence-electron chi connectivity index (χ2n) is 13.8. The molecule has 0 unspecified atom stereocenters. The Kier molecular flexibility index (Phi) is 15.9. The Labute approximate surface area is 359 Å². The zero-order chi connectivity index (χ0) is 39.0. The number of benzene rings is 4. The average molecular weight is 868 g/mol. The van der Waals surface area contributed by atoms with Crippen molar-refractivity contribution in [2.75, 3.05) is 13.2 Å². The van der Waals surface area contributed by atoms with E-state index in [2.05, 4.69) is 9.98 Å². The van der Waals surface area contributed by atoms with Gasteiger partial charge in [0.15, 0.2) is 0 Å². The molecule has 0 bridgehead atoms. The van der Waals surface area contributed by atoms with Crippen molar-refractivity contribution in [3.63, 3.8) is 0 Å². The van der Waals surface area contributed by atoms with Crippen LogP contribution in [0.1, 0.15) is 105 Å². The summed E-state index contributed by atoms with van der Waals surface area (Å²) in [6.45, 7) is 4.29. The van der Waals surface area contributed by atoms with Gasteiger partial charge in [0, 0.05) is 22.2 Å². The summed E-state index contributed by atoms with van der Waals surface area (Å²) in [6, 6.07) is 22.3. The quantitative estimate of drug-likeness (QED) is 0.0643. The number of carbonyl (C=O) groups is 2. The van der Waals surface area contributed by atoms with Crippen LogP contribution in [0.3, 0.4) is 0 Å². The molecule has 0 atom stereocenters. The van der Waals surface area contributed by atoms with Crippen molar-refractivity contribution in [3.05, 3.63) is 116 Å². The first kappa shape index (κ1) is 44.4. The molecule has 58 heavy (non-hydrogen) atoms. The van der Waals surface area contributed by atoms with Crippen LogP contribution in [0.2, 0.25) is 0 Å². The van der Waals surface area contributed by atoms with E-state index in [0.717, 1.165) is 84.0 Å². The maximum absolute atomic E-state index is 12.7. The number of hydrogen-bond donors (Lipinski definition) is 0. The van der Waals surface area contributed by atoms with Gasteiger partial charge < -0.3 is 25.2 Å². The van der Waals surface area contributed by atoms with Crippen molar-refractivity contribution in [1.82, 2.24) is 0 Å². The van der Waals surface area contributed by atoms with Crippen LogP contribution < -0.4 is 10.2 Å². The number of thiophene rings is 2. The average Bonchev–Trinajstić information content (AvgIpc) is 3.51. The van der Waals surface area contributed by atoms with Crippen molar-refractivity contribution < 1.29 is 54.2 Å². The molecule has 0 saturated carbocycles. The first-order chi connectivity index (χ1) is 27.4. The summed E-state index contributed by atoms with van der Waals surface area (Å²) in [6.07, 6.45) is 13.7. The summed E-state index contributed by atoms with van der Waals surface area (Å²) in [5, 5.41) is 29.9. The molecular formula is C46H46N2O7S2Zn. The van der Waals surface area contributed by atoms with Crippen molar-refractivity contribution in [2.45, 2.75) is 78.1 Å². The monoisotopic (exact) mass is 866 g/mol. The molecule has 0 fully saturated rings. The van der Waals surface area contributed by atoms with E-state index in [0.29, 0.717) is 45.5 Å². The van der Waals surface area contributed by atoms with Gasteiger partial charge in [-0.2, -0.15) is 0 Å². The second kappa shape index (κ2) is 20.8. The number of ether oxygens (including phenoxy) is 2. The molecule has 0 amide bonds. The van der Waals surface area contributed by atoms with Crippen LogP contribution in [0, 0.1) is 0 Å². The molecule has 9 nitrogen and oxygen atoms in total. The molecule has 4 aromatic carbocycles. The summed E-state index contributed by atoms with van der Waals surface area (Å²) in [7, 11) is 0. The number of esters is 2. The number of hydrogen-bond acceptors (Lipinski definition) is 10. The standard InChI is InChI=1S/2C23H23NO3S.H2O.Zn/c2*1-2-27-23(26)21-17-10-4-3-5-11-20(17)28-22(21)24-14-18-16-9-7-6-8-15(16)12-13-19(18)25;;/h2*6-9,12-14,25H,2-5,10-11H2,1H3;1H2;/q;;;+2/p-2. The number of aliphatic imine (C=N–C) groups is 2. The predicted octanol–water partition coefficient (Wildman–Crippen LogP) is 9.51. The van der Waals surface area contributed by atoms with Crippen LogP contribution in [0.4, 0.5) is 10.0 Å². The largest absolute Gasteiger partial charge is 2.00 e. The summed E-state index contributed by atoms with van der Waals surface area (Å²) in [5.41, 5.74) is 4.47. The third kappa shape index (κ3) is 9.75. The van der Waals surface area contributed by atoms with Gasteiger partial charge in [-0.3, -0.25) is 0 Å². The molecule has 8 rings (SSSR count). The number of aryl methyl sites for hydroxylation is 2. The van der Waals surface area contributed by atoms with E-state index in [1.165, 1.54) is 22.6 Å². The van der Waals surface area contributed by atoms with Crippen LogP contribution in [-0.2, 0) is 54.6 Å². The van der Waals surface area contributed by atoms with Gasteiger partial charge in [-0.25, -0.2) is 19.6 Å². The van der Waals surface area contributed by atoms with E-state index < -0.39 is 0 Å². The molecule has 0 radical (unpaired) electrons. The Morgan fingerprint density at radius 2 is 1.00 bits per heavy atom. The number of rotatable bonds is 8. The van der Waals surface area contributed by atoms with Crippen LogP contribution in [0.5, 0.6) is 11.5 Å². The Morgan fingerprint density at radius 3 is 1.41 bits per heavy atom. The van der Waals surface area contributed by atoms with Crippen molar-refractivity contribution in [3.8, 4) is 11.5 Å². The minimum Gasteiger partial charge on any atom is -0.872 e. The zero-order valence-corrected chi connectivity index (χ0v) is 37.5. The second-order valence-corrected chi connectivity index (χ2v) is 16.0. The van der Waals surface area contributed by atoms with Gasteiger partial charge in [-0.15, -0.1) is 22.7 Å². The molecule has 2 heterocycles. The summed E-state index contributed by atoms with van der Waals surface area (Å²) >= 11 is 3.12. The minimum atomic E-state index is -0.311. The predicted molar refractivity (Wildman–Crippen MR) is 228 cm³/mol. The van der Waals surface area contributed by atoms with Gasteiger partial charge in [-0.1, -0.05) is 97.1 Å². The molecule has 0 aliphatic heterocycles. The molecule has 0 saturated heterocycles. The Bertz CT molecular complexity index is 2280. The minimum absolute atomic E-state index is 0.